The Morgan fingerprint density at radius 1 is 0.931 bits per heavy atom. The van der Waals surface area contributed by atoms with Gasteiger partial charge >= 0.3 is 5.63 Å². The van der Waals surface area contributed by atoms with E-state index in [0.29, 0.717) is 42.1 Å². The van der Waals surface area contributed by atoms with E-state index in [9.17, 15) is 4.79 Å². The van der Waals surface area contributed by atoms with E-state index in [1.165, 1.54) is 0 Å². The summed E-state index contributed by atoms with van der Waals surface area (Å²) in [5.74, 6) is 1.09. The highest BCUT2D eigenvalue weighted by Crippen LogP contribution is 2.39. The van der Waals surface area contributed by atoms with Crippen molar-refractivity contribution in [3.63, 3.8) is 0 Å². The summed E-state index contributed by atoms with van der Waals surface area (Å²) in [6, 6.07) is 5.38. The fraction of sp³-hybridized carbons (Fsp3) is 0.458. The summed E-state index contributed by atoms with van der Waals surface area (Å²) in [6.45, 7) is 8.85. The molecule has 0 aliphatic heterocycles. The molecular formula is C24H32O5. The van der Waals surface area contributed by atoms with Gasteiger partial charge in [-0.25, -0.2) is 4.79 Å². The SMILES string of the molecule is CCC=CCCOc1c(OCCC=CCC)c2c(OC(C)C)cccc2oc1=O. The highest BCUT2D eigenvalue weighted by atomic mass is 16.5. The summed E-state index contributed by atoms with van der Waals surface area (Å²) >= 11 is 0. The summed E-state index contributed by atoms with van der Waals surface area (Å²) in [5, 5.41) is 0.624. The first kappa shape index (κ1) is 22.6. The number of rotatable bonds is 12. The molecule has 2 aromatic rings. The van der Waals surface area contributed by atoms with Crippen LogP contribution in [0.5, 0.6) is 17.2 Å². The standard InChI is InChI=1S/C24H32O5/c1-5-7-9-11-16-26-22-21-19(28-18(3)4)14-13-15-20(21)29-24(25)23(22)27-17-12-10-8-6-2/h7-10,13-15,18H,5-6,11-12,16-17H2,1-4H3. The molecule has 0 spiro atoms. The van der Waals surface area contributed by atoms with Gasteiger partial charge in [0.15, 0.2) is 5.75 Å². The van der Waals surface area contributed by atoms with Crippen LogP contribution in [0.1, 0.15) is 53.4 Å². The maximum Gasteiger partial charge on any atom is 0.383 e. The molecule has 0 saturated heterocycles. The molecule has 5 heteroatoms. The Bertz CT molecular complexity index is 877. The lowest BCUT2D eigenvalue weighted by Crippen LogP contribution is -2.13. The third kappa shape index (κ3) is 6.70. The molecule has 0 atom stereocenters. The van der Waals surface area contributed by atoms with Crippen LogP contribution in [0, 0.1) is 0 Å². The fourth-order valence-corrected chi connectivity index (χ4v) is 2.81. The molecule has 0 N–H and O–H groups in total. The van der Waals surface area contributed by atoms with Gasteiger partial charge in [0.1, 0.15) is 16.7 Å². The van der Waals surface area contributed by atoms with Crippen LogP contribution in [0.3, 0.4) is 0 Å². The van der Waals surface area contributed by atoms with Crippen molar-refractivity contribution >= 4 is 11.0 Å². The summed E-state index contributed by atoms with van der Waals surface area (Å²) in [6.07, 6.45) is 11.6. The second-order valence-corrected chi connectivity index (χ2v) is 6.88. The summed E-state index contributed by atoms with van der Waals surface area (Å²) in [7, 11) is 0. The van der Waals surface area contributed by atoms with Crippen LogP contribution in [0.25, 0.3) is 11.0 Å². The van der Waals surface area contributed by atoms with E-state index in [-0.39, 0.29) is 11.9 Å². The van der Waals surface area contributed by atoms with Gasteiger partial charge in [0.25, 0.3) is 0 Å². The van der Waals surface area contributed by atoms with Crippen molar-refractivity contribution in [1.29, 1.82) is 0 Å². The molecule has 5 nitrogen and oxygen atoms in total. The molecule has 0 fully saturated rings. The molecule has 0 radical (unpaired) electrons. The average Bonchev–Trinajstić information content (AvgIpc) is 2.68. The van der Waals surface area contributed by atoms with E-state index in [4.69, 9.17) is 18.6 Å². The number of allylic oxidation sites excluding steroid dienone is 2. The van der Waals surface area contributed by atoms with Gasteiger partial charge in [0, 0.05) is 0 Å². The van der Waals surface area contributed by atoms with Crippen molar-refractivity contribution in [2.24, 2.45) is 0 Å². The summed E-state index contributed by atoms with van der Waals surface area (Å²) < 4.78 is 23.3. The predicted octanol–water partition coefficient (Wildman–Crippen LogP) is 6.05. The monoisotopic (exact) mass is 400 g/mol. The molecule has 1 aromatic carbocycles. The molecule has 2 rings (SSSR count). The molecule has 0 saturated carbocycles. The molecule has 158 valence electrons. The molecule has 0 unspecified atom stereocenters. The molecule has 29 heavy (non-hydrogen) atoms. The lowest BCUT2D eigenvalue weighted by atomic mass is 10.2. The van der Waals surface area contributed by atoms with Crippen LogP contribution in [0.15, 0.2) is 51.7 Å². The molecule has 0 aliphatic carbocycles. The zero-order chi connectivity index (χ0) is 21.1. The van der Waals surface area contributed by atoms with Gasteiger partial charge in [-0.3, -0.25) is 0 Å². The van der Waals surface area contributed by atoms with Gasteiger partial charge in [-0.05, 0) is 51.7 Å². The lowest BCUT2D eigenvalue weighted by molar-refractivity contribution is 0.241. The van der Waals surface area contributed by atoms with Gasteiger partial charge in [0.2, 0.25) is 5.75 Å². The number of hydrogen-bond acceptors (Lipinski definition) is 5. The molecular weight excluding hydrogens is 368 g/mol. The number of fused-ring (bicyclic) bond motifs is 1. The Kier molecular flexibility index (Phi) is 9.35. The van der Waals surface area contributed by atoms with Gasteiger partial charge in [0.05, 0.1) is 19.3 Å². The van der Waals surface area contributed by atoms with E-state index in [1.54, 1.807) is 12.1 Å². The van der Waals surface area contributed by atoms with Crippen molar-refractivity contribution in [1.82, 2.24) is 0 Å². The second-order valence-electron chi connectivity index (χ2n) is 6.88. The van der Waals surface area contributed by atoms with Gasteiger partial charge in [-0.15, -0.1) is 0 Å². The normalized spacial score (nSPS) is 11.8. The maximum absolute atomic E-state index is 12.6. The van der Waals surface area contributed by atoms with Crippen LogP contribution < -0.4 is 19.8 Å². The van der Waals surface area contributed by atoms with Crippen LogP contribution in [-0.2, 0) is 0 Å². The van der Waals surface area contributed by atoms with Crippen LogP contribution in [-0.4, -0.2) is 19.3 Å². The zero-order valence-electron chi connectivity index (χ0n) is 17.9. The van der Waals surface area contributed by atoms with Gasteiger partial charge in [-0.2, -0.15) is 0 Å². The predicted molar refractivity (Wildman–Crippen MR) is 117 cm³/mol. The first-order valence-corrected chi connectivity index (χ1v) is 10.4. The quantitative estimate of drug-likeness (QED) is 0.247. The Balaban J connectivity index is 2.43. The summed E-state index contributed by atoms with van der Waals surface area (Å²) in [5.41, 5.74) is -0.122. The minimum absolute atomic E-state index is 0.0311. The molecule has 0 amide bonds. The Morgan fingerprint density at radius 2 is 1.55 bits per heavy atom. The lowest BCUT2D eigenvalue weighted by Gasteiger charge is -2.17. The number of hydrogen-bond donors (Lipinski definition) is 0. The van der Waals surface area contributed by atoms with Crippen molar-refractivity contribution < 1.29 is 18.6 Å². The molecule has 0 bridgehead atoms. The number of benzene rings is 1. The van der Waals surface area contributed by atoms with Crippen molar-refractivity contribution in [2.45, 2.75) is 59.5 Å². The Labute approximate surface area is 173 Å². The van der Waals surface area contributed by atoms with E-state index in [2.05, 4.69) is 32.1 Å². The highest BCUT2D eigenvalue weighted by Gasteiger charge is 2.21. The Hall–Kier alpha value is -2.69. The van der Waals surface area contributed by atoms with Gasteiger partial charge < -0.3 is 18.6 Å². The van der Waals surface area contributed by atoms with Crippen molar-refractivity contribution in [2.75, 3.05) is 13.2 Å². The molecule has 1 aromatic heterocycles. The van der Waals surface area contributed by atoms with Crippen molar-refractivity contribution in [3.05, 3.63) is 52.9 Å². The number of ether oxygens (including phenoxy) is 3. The molecule has 0 aliphatic rings. The maximum atomic E-state index is 12.6. The third-order valence-corrected chi connectivity index (χ3v) is 4.04. The van der Waals surface area contributed by atoms with Crippen molar-refractivity contribution in [3.8, 4) is 17.2 Å². The average molecular weight is 401 g/mol. The van der Waals surface area contributed by atoms with E-state index < -0.39 is 5.63 Å². The largest absolute Gasteiger partial charge is 0.490 e. The first-order valence-electron chi connectivity index (χ1n) is 10.4. The van der Waals surface area contributed by atoms with Crippen LogP contribution in [0.4, 0.5) is 0 Å². The second kappa shape index (κ2) is 12.0. The minimum Gasteiger partial charge on any atom is -0.490 e. The zero-order valence-corrected chi connectivity index (χ0v) is 17.9. The smallest absolute Gasteiger partial charge is 0.383 e. The van der Waals surface area contributed by atoms with E-state index in [1.807, 2.05) is 26.0 Å². The van der Waals surface area contributed by atoms with E-state index >= 15 is 0 Å². The Morgan fingerprint density at radius 3 is 2.14 bits per heavy atom. The van der Waals surface area contributed by atoms with E-state index in [0.717, 1.165) is 19.3 Å². The summed E-state index contributed by atoms with van der Waals surface area (Å²) in [4.78, 5) is 12.6. The minimum atomic E-state index is -0.544. The topological polar surface area (TPSA) is 57.9 Å². The van der Waals surface area contributed by atoms with Gasteiger partial charge in [-0.1, -0.05) is 44.2 Å². The molecule has 1 heterocycles. The third-order valence-electron chi connectivity index (χ3n) is 4.04. The first-order chi connectivity index (χ1) is 14.1. The van der Waals surface area contributed by atoms with Crippen LogP contribution in [0.2, 0.25) is 0 Å². The van der Waals surface area contributed by atoms with Crippen LogP contribution >= 0.6 is 0 Å². The highest BCUT2D eigenvalue weighted by molar-refractivity contribution is 5.91. The fourth-order valence-electron chi connectivity index (χ4n) is 2.81.